The lowest BCUT2D eigenvalue weighted by Gasteiger charge is -2.24. The average Bonchev–Trinajstić information content (AvgIpc) is 3.02. The van der Waals surface area contributed by atoms with Gasteiger partial charge in [-0.15, -0.1) is 0 Å². The van der Waals surface area contributed by atoms with Crippen LogP contribution < -0.4 is 9.75 Å². The Kier molecular flexibility index (Phi) is 4.95. The summed E-state index contributed by atoms with van der Waals surface area (Å²) in [4.78, 5) is 10.5. The summed E-state index contributed by atoms with van der Waals surface area (Å²) in [6.07, 6.45) is 0.887. The predicted molar refractivity (Wildman–Crippen MR) is 104 cm³/mol. The fourth-order valence-corrected chi connectivity index (χ4v) is 3.15. The van der Waals surface area contributed by atoms with Crippen LogP contribution in [0.15, 0.2) is 58.1 Å². The van der Waals surface area contributed by atoms with E-state index < -0.39 is 0 Å². The predicted octanol–water partition coefficient (Wildman–Crippen LogP) is 5.34. The Labute approximate surface area is 156 Å². The molecule has 0 fully saturated rings. The minimum atomic E-state index is 0.0168. The molecule has 5 heteroatoms. The summed E-state index contributed by atoms with van der Waals surface area (Å²) in [6.45, 7) is 7.00. The highest BCUT2D eigenvalue weighted by molar-refractivity contribution is 9.10. The van der Waals surface area contributed by atoms with Gasteiger partial charge in [0.25, 0.3) is 6.47 Å². The molecular weight excluding hydrogens is 380 g/mol. The van der Waals surface area contributed by atoms with Crippen molar-refractivity contribution in [3.63, 3.8) is 0 Å². The first-order chi connectivity index (χ1) is 11.9. The summed E-state index contributed by atoms with van der Waals surface area (Å²) >= 11 is 3.50. The molecule has 1 aliphatic rings. The second kappa shape index (κ2) is 7.00. The summed E-state index contributed by atoms with van der Waals surface area (Å²) in [6, 6.07) is 16.0. The normalized spacial score (nSPS) is 17.4. The van der Waals surface area contributed by atoms with Crippen molar-refractivity contribution in [2.45, 2.75) is 33.2 Å². The summed E-state index contributed by atoms with van der Waals surface area (Å²) in [7, 11) is 0. The number of halogens is 1. The molecule has 130 valence electrons. The molecule has 3 rings (SSSR count). The minimum absolute atomic E-state index is 0.0168. The first-order valence-electron chi connectivity index (χ1n) is 8.21. The van der Waals surface area contributed by atoms with Crippen molar-refractivity contribution < 1.29 is 9.53 Å². The van der Waals surface area contributed by atoms with Crippen molar-refractivity contribution in [3.05, 3.63) is 58.6 Å². The van der Waals surface area contributed by atoms with Crippen molar-refractivity contribution in [2.75, 3.05) is 5.01 Å². The Morgan fingerprint density at radius 1 is 1.12 bits per heavy atom. The van der Waals surface area contributed by atoms with Crippen LogP contribution in [0.1, 0.15) is 38.8 Å². The number of nitrogens with zero attached hydrogens (tertiary/aromatic N) is 2. The van der Waals surface area contributed by atoms with Gasteiger partial charge in [0, 0.05) is 22.0 Å². The molecule has 0 amide bonds. The van der Waals surface area contributed by atoms with Crippen LogP contribution in [0.25, 0.3) is 0 Å². The van der Waals surface area contributed by atoms with Gasteiger partial charge in [0.15, 0.2) is 0 Å². The van der Waals surface area contributed by atoms with E-state index in [1.165, 1.54) is 11.3 Å². The van der Waals surface area contributed by atoms with Gasteiger partial charge < -0.3 is 4.74 Å². The van der Waals surface area contributed by atoms with E-state index in [9.17, 15) is 4.79 Å². The Hall–Kier alpha value is -2.14. The summed E-state index contributed by atoms with van der Waals surface area (Å²) in [5.41, 5.74) is 3.39. The molecular formula is C20H21BrN2O2. The van der Waals surface area contributed by atoms with E-state index in [-0.39, 0.29) is 11.5 Å². The molecule has 25 heavy (non-hydrogen) atoms. The van der Waals surface area contributed by atoms with Gasteiger partial charge in [0.05, 0.1) is 11.7 Å². The maximum absolute atomic E-state index is 10.5. The number of hydrogen-bond donors (Lipinski definition) is 0. The number of hydrazone groups is 1. The van der Waals surface area contributed by atoms with Crippen LogP contribution in [0.3, 0.4) is 0 Å². The van der Waals surface area contributed by atoms with Gasteiger partial charge >= 0.3 is 0 Å². The minimum Gasteiger partial charge on any atom is -0.429 e. The smallest absolute Gasteiger partial charge is 0.298 e. The monoisotopic (exact) mass is 400 g/mol. The van der Waals surface area contributed by atoms with E-state index in [1.807, 2.05) is 12.1 Å². The molecule has 1 atom stereocenters. The van der Waals surface area contributed by atoms with Gasteiger partial charge in [-0.25, -0.2) is 0 Å². The van der Waals surface area contributed by atoms with E-state index >= 15 is 0 Å². The van der Waals surface area contributed by atoms with Crippen LogP contribution in [0.2, 0.25) is 0 Å². The first-order valence-corrected chi connectivity index (χ1v) is 9.01. The van der Waals surface area contributed by atoms with Crippen LogP contribution in [0.4, 0.5) is 5.69 Å². The molecule has 0 saturated heterocycles. The molecule has 4 nitrogen and oxygen atoms in total. The SMILES string of the molecule is CC(C)(C)C1=NN(c2ccc(OC=O)cc2)C(c2ccc(Br)cc2)C1. The van der Waals surface area contributed by atoms with Crippen LogP contribution in [-0.4, -0.2) is 12.2 Å². The third-order valence-corrected chi connectivity index (χ3v) is 4.85. The Morgan fingerprint density at radius 3 is 2.32 bits per heavy atom. The molecule has 1 unspecified atom stereocenters. The highest BCUT2D eigenvalue weighted by Gasteiger charge is 2.34. The molecule has 0 aliphatic carbocycles. The van der Waals surface area contributed by atoms with Gasteiger partial charge in [-0.2, -0.15) is 5.10 Å². The molecule has 0 saturated carbocycles. The molecule has 0 aromatic heterocycles. The fourth-order valence-electron chi connectivity index (χ4n) is 2.88. The number of ether oxygens (including phenoxy) is 1. The van der Waals surface area contributed by atoms with Crippen molar-refractivity contribution in [2.24, 2.45) is 10.5 Å². The molecule has 2 aromatic carbocycles. The largest absolute Gasteiger partial charge is 0.429 e. The van der Waals surface area contributed by atoms with Crippen LogP contribution in [-0.2, 0) is 4.79 Å². The van der Waals surface area contributed by atoms with Crippen LogP contribution in [0.5, 0.6) is 5.75 Å². The van der Waals surface area contributed by atoms with E-state index in [0.29, 0.717) is 12.2 Å². The van der Waals surface area contributed by atoms with Crippen molar-refractivity contribution in [3.8, 4) is 5.75 Å². The van der Waals surface area contributed by atoms with Gasteiger partial charge in [0.1, 0.15) is 5.75 Å². The third kappa shape index (κ3) is 3.93. The Morgan fingerprint density at radius 2 is 1.76 bits per heavy atom. The lowest BCUT2D eigenvalue weighted by atomic mass is 9.86. The van der Waals surface area contributed by atoms with Crippen LogP contribution >= 0.6 is 15.9 Å². The molecule has 1 aliphatic heterocycles. The number of hydrogen-bond acceptors (Lipinski definition) is 4. The van der Waals surface area contributed by atoms with Gasteiger partial charge in [0.2, 0.25) is 0 Å². The van der Waals surface area contributed by atoms with Crippen molar-refractivity contribution in [1.29, 1.82) is 0 Å². The van der Waals surface area contributed by atoms with E-state index in [0.717, 1.165) is 16.6 Å². The van der Waals surface area contributed by atoms with Crippen molar-refractivity contribution >= 4 is 33.8 Å². The lowest BCUT2D eigenvalue weighted by Crippen LogP contribution is -2.19. The second-order valence-corrected chi connectivity index (χ2v) is 8.04. The zero-order valence-electron chi connectivity index (χ0n) is 14.6. The van der Waals surface area contributed by atoms with E-state index in [4.69, 9.17) is 9.84 Å². The highest BCUT2D eigenvalue weighted by atomic mass is 79.9. The summed E-state index contributed by atoms with van der Waals surface area (Å²) in [5.74, 6) is 0.526. The fraction of sp³-hybridized carbons (Fsp3) is 0.300. The average molecular weight is 401 g/mol. The molecule has 0 spiro atoms. The zero-order valence-corrected chi connectivity index (χ0v) is 16.2. The number of benzene rings is 2. The molecule has 2 aromatic rings. The standard InChI is InChI=1S/C20H21BrN2O2/c1-20(2,3)19-12-18(14-4-6-15(21)7-5-14)23(22-19)16-8-10-17(11-9-16)25-13-24/h4-11,13,18H,12H2,1-3H3. The quantitative estimate of drug-likeness (QED) is 0.650. The van der Waals surface area contributed by atoms with Gasteiger partial charge in [-0.3, -0.25) is 9.80 Å². The van der Waals surface area contributed by atoms with E-state index in [1.54, 1.807) is 12.1 Å². The molecule has 0 N–H and O–H groups in total. The Bertz CT molecular complexity index is 777. The topological polar surface area (TPSA) is 41.9 Å². The maximum atomic E-state index is 10.5. The highest BCUT2D eigenvalue weighted by Crippen LogP contribution is 2.39. The number of rotatable bonds is 4. The molecule has 0 radical (unpaired) electrons. The van der Waals surface area contributed by atoms with Crippen LogP contribution in [0, 0.1) is 5.41 Å². The second-order valence-electron chi connectivity index (χ2n) is 7.12. The first kappa shape index (κ1) is 17.7. The Balaban J connectivity index is 1.96. The zero-order chi connectivity index (χ0) is 18.0. The van der Waals surface area contributed by atoms with Gasteiger partial charge in [-0.05, 0) is 42.0 Å². The number of anilines is 1. The maximum Gasteiger partial charge on any atom is 0.298 e. The van der Waals surface area contributed by atoms with E-state index in [2.05, 4.69) is 66.0 Å². The van der Waals surface area contributed by atoms with Crippen molar-refractivity contribution in [1.82, 2.24) is 0 Å². The molecule has 1 heterocycles. The summed E-state index contributed by atoms with van der Waals surface area (Å²) < 4.78 is 5.95. The molecule has 0 bridgehead atoms. The lowest BCUT2D eigenvalue weighted by molar-refractivity contribution is -0.120. The summed E-state index contributed by atoms with van der Waals surface area (Å²) in [5, 5.41) is 6.98. The number of carbonyl (C=O) groups is 1. The van der Waals surface area contributed by atoms with Gasteiger partial charge in [-0.1, -0.05) is 48.8 Å². The number of carbonyl (C=O) groups excluding carboxylic acids is 1. The third-order valence-electron chi connectivity index (χ3n) is 4.32.